The average molecular weight is 257 g/mol. The lowest BCUT2D eigenvalue weighted by atomic mass is 10.1. The fourth-order valence-corrected chi connectivity index (χ4v) is 2.04. The number of nitrogens with zero attached hydrogens (tertiary/aromatic N) is 1. The Bertz CT molecular complexity index is 410. The van der Waals surface area contributed by atoms with Crippen LogP contribution in [0, 0.1) is 11.6 Å². The molecule has 18 heavy (non-hydrogen) atoms. The molecule has 0 aromatic heterocycles. The molecule has 0 bridgehead atoms. The highest BCUT2D eigenvalue weighted by Gasteiger charge is 2.30. The summed E-state index contributed by atoms with van der Waals surface area (Å²) in [4.78, 5) is 1.98. The van der Waals surface area contributed by atoms with Gasteiger partial charge in [0.1, 0.15) is 0 Å². The van der Waals surface area contributed by atoms with Crippen molar-refractivity contribution >= 4 is 0 Å². The maximum atomic E-state index is 13.1. The van der Waals surface area contributed by atoms with Crippen molar-refractivity contribution < 1.29 is 19.0 Å². The Kier molecular flexibility index (Phi) is 4.27. The predicted octanol–water partition coefficient (Wildman–Crippen LogP) is 1.45. The van der Waals surface area contributed by atoms with E-state index in [2.05, 4.69) is 0 Å². The summed E-state index contributed by atoms with van der Waals surface area (Å²) in [5.74, 6) is -1.87. The minimum absolute atomic E-state index is 0.0288. The van der Waals surface area contributed by atoms with Crippen molar-refractivity contribution in [3.8, 4) is 0 Å². The van der Waals surface area contributed by atoms with Gasteiger partial charge in [-0.2, -0.15) is 0 Å². The fourth-order valence-electron chi connectivity index (χ4n) is 2.04. The first kappa shape index (κ1) is 13.4. The van der Waals surface area contributed by atoms with Crippen LogP contribution in [0.15, 0.2) is 18.2 Å². The molecule has 0 aliphatic heterocycles. The Morgan fingerprint density at radius 2 is 2.00 bits per heavy atom. The van der Waals surface area contributed by atoms with Crippen LogP contribution in [0.1, 0.15) is 24.5 Å². The number of aliphatic hydroxyl groups is 2. The molecule has 1 aliphatic rings. The molecule has 1 fully saturated rings. The van der Waals surface area contributed by atoms with Gasteiger partial charge in [0.2, 0.25) is 0 Å². The minimum Gasteiger partial charge on any atom is -0.395 e. The third kappa shape index (κ3) is 3.25. The first-order valence-corrected chi connectivity index (χ1v) is 6.09. The highest BCUT2D eigenvalue weighted by atomic mass is 19.2. The zero-order valence-electron chi connectivity index (χ0n) is 10.0. The van der Waals surface area contributed by atoms with Crippen LogP contribution in [0.5, 0.6) is 0 Å². The number of halogens is 2. The summed E-state index contributed by atoms with van der Waals surface area (Å²) in [5.41, 5.74) is 0.359. The molecule has 0 saturated heterocycles. The van der Waals surface area contributed by atoms with E-state index in [-0.39, 0.29) is 6.61 Å². The fraction of sp³-hybridized carbons (Fsp3) is 0.538. The molecule has 1 aromatic carbocycles. The quantitative estimate of drug-likeness (QED) is 0.810. The Labute approximate surface area is 105 Å². The standard InChI is InChI=1S/C13H17F2NO2/c14-11-4-1-9(7-12(11)15)13(18)8-16(5-6-17)10-2-3-10/h1,4,7,10,13,17-18H,2-3,5-6,8H2. The van der Waals surface area contributed by atoms with Gasteiger partial charge in [0, 0.05) is 19.1 Å². The molecule has 2 rings (SSSR count). The molecule has 1 aliphatic carbocycles. The smallest absolute Gasteiger partial charge is 0.159 e. The summed E-state index contributed by atoms with van der Waals surface area (Å²) in [6.45, 7) is 0.850. The topological polar surface area (TPSA) is 43.7 Å². The second-order valence-electron chi connectivity index (χ2n) is 4.64. The molecule has 1 saturated carbocycles. The lowest BCUT2D eigenvalue weighted by Crippen LogP contribution is -2.33. The number of aliphatic hydroxyl groups excluding tert-OH is 2. The van der Waals surface area contributed by atoms with Gasteiger partial charge in [-0.15, -0.1) is 0 Å². The molecule has 1 atom stereocenters. The highest BCUT2D eigenvalue weighted by Crippen LogP contribution is 2.28. The van der Waals surface area contributed by atoms with E-state index in [1.165, 1.54) is 6.07 Å². The van der Waals surface area contributed by atoms with Crippen LogP contribution >= 0.6 is 0 Å². The largest absolute Gasteiger partial charge is 0.395 e. The number of hydrogen-bond donors (Lipinski definition) is 2. The summed E-state index contributed by atoms with van der Waals surface area (Å²) >= 11 is 0. The monoisotopic (exact) mass is 257 g/mol. The second kappa shape index (κ2) is 5.73. The molecule has 1 unspecified atom stereocenters. The molecule has 0 spiro atoms. The summed E-state index contributed by atoms with van der Waals surface area (Å²) in [5, 5.41) is 18.9. The van der Waals surface area contributed by atoms with Gasteiger partial charge in [0.05, 0.1) is 12.7 Å². The second-order valence-corrected chi connectivity index (χ2v) is 4.64. The van der Waals surface area contributed by atoms with Crippen molar-refractivity contribution in [1.29, 1.82) is 0 Å². The van der Waals surface area contributed by atoms with Crippen LogP contribution in [-0.4, -0.2) is 40.9 Å². The Hall–Kier alpha value is -1.04. The highest BCUT2D eigenvalue weighted by molar-refractivity contribution is 5.20. The van der Waals surface area contributed by atoms with E-state index in [9.17, 15) is 13.9 Å². The van der Waals surface area contributed by atoms with Crippen molar-refractivity contribution in [3.63, 3.8) is 0 Å². The maximum absolute atomic E-state index is 13.1. The summed E-state index contributed by atoms with van der Waals surface area (Å²) in [7, 11) is 0. The molecule has 1 aromatic rings. The number of hydrogen-bond acceptors (Lipinski definition) is 3. The molecule has 5 heteroatoms. The zero-order chi connectivity index (χ0) is 13.1. The van der Waals surface area contributed by atoms with Crippen LogP contribution in [0.25, 0.3) is 0 Å². The third-order valence-electron chi connectivity index (χ3n) is 3.19. The Balaban J connectivity index is 2.00. The Morgan fingerprint density at radius 3 is 2.56 bits per heavy atom. The lowest BCUT2D eigenvalue weighted by molar-refractivity contribution is 0.0949. The van der Waals surface area contributed by atoms with E-state index >= 15 is 0 Å². The number of rotatable bonds is 6. The lowest BCUT2D eigenvalue weighted by Gasteiger charge is -2.24. The molecule has 3 nitrogen and oxygen atoms in total. The van der Waals surface area contributed by atoms with Gasteiger partial charge in [-0.1, -0.05) is 6.07 Å². The van der Waals surface area contributed by atoms with Gasteiger partial charge in [-0.05, 0) is 30.5 Å². The molecule has 2 N–H and O–H groups in total. The van der Waals surface area contributed by atoms with E-state index < -0.39 is 17.7 Å². The van der Waals surface area contributed by atoms with Crippen LogP contribution in [-0.2, 0) is 0 Å². The van der Waals surface area contributed by atoms with E-state index in [0.29, 0.717) is 24.7 Å². The predicted molar refractivity (Wildman–Crippen MR) is 63.0 cm³/mol. The van der Waals surface area contributed by atoms with E-state index in [0.717, 1.165) is 25.0 Å². The molecular formula is C13H17F2NO2. The van der Waals surface area contributed by atoms with Crippen molar-refractivity contribution in [2.45, 2.75) is 25.0 Å². The van der Waals surface area contributed by atoms with Crippen LogP contribution in [0.2, 0.25) is 0 Å². The summed E-state index contributed by atoms with van der Waals surface area (Å²) in [6.07, 6.45) is 1.25. The van der Waals surface area contributed by atoms with Gasteiger partial charge in [0.25, 0.3) is 0 Å². The third-order valence-corrected chi connectivity index (χ3v) is 3.19. The summed E-state index contributed by atoms with van der Waals surface area (Å²) < 4.78 is 25.8. The van der Waals surface area contributed by atoms with Crippen LogP contribution in [0.4, 0.5) is 8.78 Å². The van der Waals surface area contributed by atoms with Gasteiger partial charge in [-0.25, -0.2) is 8.78 Å². The van der Waals surface area contributed by atoms with Crippen LogP contribution < -0.4 is 0 Å². The molecule has 100 valence electrons. The molecular weight excluding hydrogens is 240 g/mol. The van der Waals surface area contributed by atoms with Gasteiger partial charge in [0.15, 0.2) is 11.6 Å². The summed E-state index contributed by atoms with van der Waals surface area (Å²) in [6, 6.07) is 3.82. The molecule has 0 heterocycles. The van der Waals surface area contributed by atoms with Crippen molar-refractivity contribution in [2.24, 2.45) is 0 Å². The van der Waals surface area contributed by atoms with Gasteiger partial charge >= 0.3 is 0 Å². The minimum atomic E-state index is -0.952. The van der Waals surface area contributed by atoms with Gasteiger partial charge < -0.3 is 10.2 Å². The van der Waals surface area contributed by atoms with E-state index in [4.69, 9.17) is 5.11 Å². The SMILES string of the molecule is OCCN(CC(O)c1ccc(F)c(F)c1)C1CC1. The Morgan fingerprint density at radius 1 is 1.28 bits per heavy atom. The molecule has 0 radical (unpaired) electrons. The van der Waals surface area contributed by atoms with E-state index in [1.54, 1.807) is 0 Å². The van der Waals surface area contributed by atoms with Crippen molar-refractivity contribution in [1.82, 2.24) is 4.90 Å². The van der Waals surface area contributed by atoms with Gasteiger partial charge in [-0.3, -0.25) is 4.90 Å². The number of benzene rings is 1. The zero-order valence-corrected chi connectivity index (χ0v) is 10.0. The average Bonchev–Trinajstić information content (AvgIpc) is 3.16. The first-order valence-electron chi connectivity index (χ1n) is 6.09. The van der Waals surface area contributed by atoms with Crippen molar-refractivity contribution in [2.75, 3.05) is 19.7 Å². The van der Waals surface area contributed by atoms with E-state index in [1.807, 2.05) is 4.90 Å². The maximum Gasteiger partial charge on any atom is 0.159 e. The van der Waals surface area contributed by atoms with Crippen molar-refractivity contribution in [3.05, 3.63) is 35.4 Å². The van der Waals surface area contributed by atoms with Crippen LogP contribution in [0.3, 0.4) is 0 Å². The normalized spacial score (nSPS) is 17.2. The molecule has 0 amide bonds. The first-order chi connectivity index (χ1) is 8.61.